The molecule has 1 fully saturated rings. The number of sulfonamides is 1. The molecule has 0 spiro atoms. The molecule has 2 N–H and O–H groups in total. The van der Waals surface area contributed by atoms with E-state index in [9.17, 15) is 13.5 Å². The lowest BCUT2D eigenvalue weighted by Gasteiger charge is -2.30. The van der Waals surface area contributed by atoms with E-state index in [1.807, 2.05) is 0 Å². The zero-order chi connectivity index (χ0) is 14.8. The zero-order valence-corrected chi connectivity index (χ0v) is 13.2. The SMILES string of the molecule is O=S(=O)(NC1CCCCC1CO)c1ccc(Cl)c(Cl)c1. The topological polar surface area (TPSA) is 66.4 Å². The fraction of sp³-hybridized carbons (Fsp3) is 0.538. The molecule has 1 saturated carbocycles. The van der Waals surface area contributed by atoms with Gasteiger partial charge >= 0.3 is 0 Å². The molecule has 0 saturated heterocycles. The number of hydrogen-bond donors (Lipinski definition) is 2. The highest BCUT2D eigenvalue weighted by Crippen LogP contribution is 2.28. The first-order valence-electron chi connectivity index (χ1n) is 6.52. The van der Waals surface area contributed by atoms with Gasteiger partial charge < -0.3 is 5.11 Å². The number of benzene rings is 1. The summed E-state index contributed by atoms with van der Waals surface area (Å²) in [4.78, 5) is 0.0918. The molecule has 20 heavy (non-hydrogen) atoms. The first-order valence-corrected chi connectivity index (χ1v) is 8.76. The molecule has 112 valence electrons. The van der Waals surface area contributed by atoms with Crippen LogP contribution < -0.4 is 4.72 Å². The molecule has 2 unspecified atom stereocenters. The number of nitrogens with one attached hydrogen (secondary N) is 1. The zero-order valence-electron chi connectivity index (χ0n) is 10.9. The van der Waals surface area contributed by atoms with E-state index in [1.54, 1.807) is 0 Å². The van der Waals surface area contributed by atoms with Crippen molar-refractivity contribution < 1.29 is 13.5 Å². The van der Waals surface area contributed by atoms with Gasteiger partial charge in [0.1, 0.15) is 0 Å². The third-order valence-corrected chi connectivity index (χ3v) is 5.88. The van der Waals surface area contributed by atoms with Gasteiger partial charge in [-0.15, -0.1) is 0 Å². The molecule has 2 rings (SSSR count). The van der Waals surface area contributed by atoms with Crippen LogP contribution in [-0.2, 0) is 10.0 Å². The average Bonchev–Trinajstić information content (AvgIpc) is 2.42. The van der Waals surface area contributed by atoms with E-state index in [0.717, 1.165) is 25.7 Å². The predicted molar refractivity (Wildman–Crippen MR) is 79.6 cm³/mol. The number of rotatable bonds is 4. The summed E-state index contributed by atoms with van der Waals surface area (Å²) < 4.78 is 27.3. The molecule has 7 heteroatoms. The Kier molecular flexibility index (Phi) is 5.31. The number of aliphatic hydroxyl groups is 1. The van der Waals surface area contributed by atoms with E-state index >= 15 is 0 Å². The Labute approximate surface area is 129 Å². The molecule has 1 aromatic carbocycles. The minimum Gasteiger partial charge on any atom is -0.396 e. The van der Waals surface area contributed by atoms with Gasteiger partial charge in [0.25, 0.3) is 0 Å². The van der Waals surface area contributed by atoms with Crippen molar-refractivity contribution in [2.24, 2.45) is 5.92 Å². The van der Waals surface area contributed by atoms with Gasteiger partial charge in [-0.3, -0.25) is 0 Å². The molecule has 2 atom stereocenters. The molecule has 1 aromatic rings. The molecule has 1 aliphatic rings. The lowest BCUT2D eigenvalue weighted by Crippen LogP contribution is -2.43. The second-order valence-corrected chi connectivity index (χ2v) is 7.56. The summed E-state index contributed by atoms with van der Waals surface area (Å²) in [5.74, 6) is -0.0266. The van der Waals surface area contributed by atoms with E-state index in [2.05, 4.69) is 4.72 Å². The maximum atomic E-state index is 12.3. The van der Waals surface area contributed by atoms with E-state index < -0.39 is 10.0 Å². The highest BCUT2D eigenvalue weighted by Gasteiger charge is 2.29. The van der Waals surface area contributed by atoms with Crippen LogP contribution in [0, 0.1) is 5.92 Å². The van der Waals surface area contributed by atoms with Crippen LogP contribution in [-0.4, -0.2) is 26.2 Å². The minimum absolute atomic E-state index is 0.00540. The number of aliphatic hydroxyl groups excluding tert-OH is 1. The Hall–Kier alpha value is -0.330. The van der Waals surface area contributed by atoms with Crippen molar-refractivity contribution in [3.8, 4) is 0 Å². The van der Waals surface area contributed by atoms with Gasteiger partial charge in [0.05, 0.1) is 14.9 Å². The van der Waals surface area contributed by atoms with Gasteiger partial charge in [-0.05, 0) is 37.0 Å². The Balaban J connectivity index is 2.19. The molecule has 0 radical (unpaired) electrons. The molecule has 0 amide bonds. The maximum absolute atomic E-state index is 12.3. The Morgan fingerprint density at radius 3 is 2.55 bits per heavy atom. The van der Waals surface area contributed by atoms with Gasteiger partial charge in [0, 0.05) is 12.6 Å². The monoisotopic (exact) mass is 337 g/mol. The van der Waals surface area contributed by atoms with Gasteiger partial charge in [-0.2, -0.15) is 0 Å². The summed E-state index contributed by atoms with van der Waals surface area (Å²) in [6, 6.07) is 3.99. The minimum atomic E-state index is -3.65. The Morgan fingerprint density at radius 2 is 1.90 bits per heavy atom. The van der Waals surface area contributed by atoms with Crippen LogP contribution in [0.25, 0.3) is 0 Å². The molecule has 4 nitrogen and oxygen atoms in total. The van der Waals surface area contributed by atoms with Crippen LogP contribution in [0.3, 0.4) is 0 Å². The third-order valence-electron chi connectivity index (χ3n) is 3.65. The molecule has 0 aromatic heterocycles. The van der Waals surface area contributed by atoms with Gasteiger partial charge in [0.2, 0.25) is 10.0 Å². The van der Waals surface area contributed by atoms with Gasteiger partial charge in [0.15, 0.2) is 0 Å². The summed E-state index contributed by atoms with van der Waals surface area (Å²) in [5, 5.41) is 9.86. The molecular weight excluding hydrogens is 321 g/mol. The van der Waals surface area contributed by atoms with Crippen molar-refractivity contribution >= 4 is 33.2 Å². The number of hydrogen-bond acceptors (Lipinski definition) is 3. The van der Waals surface area contributed by atoms with Crippen LogP contribution in [0.4, 0.5) is 0 Å². The molecule has 0 heterocycles. The van der Waals surface area contributed by atoms with Crippen LogP contribution >= 0.6 is 23.2 Å². The smallest absolute Gasteiger partial charge is 0.240 e. The van der Waals surface area contributed by atoms with Crippen molar-refractivity contribution in [2.75, 3.05) is 6.61 Å². The first-order chi connectivity index (χ1) is 9.44. The summed E-state index contributed by atoms with van der Waals surface area (Å²) in [6.45, 7) is -0.00540. The quantitative estimate of drug-likeness (QED) is 0.887. The van der Waals surface area contributed by atoms with Crippen molar-refractivity contribution in [2.45, 2.75) is 36.6 Å². The lowest BCUT2D eigenvalue weighted by molar-refractivity contribution is 0.164. The van der Waals surface area contributed by atoms with Crippen molar-refractivity contribution in [1.82, 2.24) is 4.72 Å². The number of halogens is 2. The van der Waals surface area contributed by atoms with Crippen molar-refractivity contribution in [3.05, 3.63) is 28.2 Å². The second-order valence-electron chi connectivity index (χ2n) is 5.03. The standard InChI is InChI=1S/C13H17Cl2NO3S/c14-11-6-5-10(7-12(11)15)20(18,19)16-13-4-2-1-3-9(13)8-17/h5-7,9,13,16-17H,1-4,8H2. The summed E-state index contributed by atoms with van der Waals surface area (Å²) >= 11 is 11.6. The predicted octanol–water partition coefficient (Wildman–Crippen LogP) is 2.82. The summed E-state index contributed by atoms with van der Waals surface area (Å²) in [5.41, 5.74) is 0. The van der Waals surface area contributed by atoms with E-state index in [0.29, 0.717) is 5.02 Å². The van der Waals surface area contributed by atoms with Crippen LogP contribution in [0.2, 0.25) is 10.0 Å². The second kappa shape index (κ2) is 6.62. The Morgan fingerprint density at radius 1 is 1.20 bits per heavy atom. The highest BCUT2D eigenvalue weighted by molar-refractivity contribution is 7.89. The van der Waals surface area contributed by atoms with E-state index in [1.165, 1.54) is 18.2 Å². The van der Waals surface area contributed by atoms with Gasteiger partial charge in [-0.1, -0.05) is 36.0 Å². The van der Waals surface area contributed by atoms with Crippen molar-refractivity contribution in [1.29, 1.82) is 0 Å². The first kappa shape index (κ1) is 16.0. The molecular formula is C13H17Cl2NO3S. The van der Waals surface area contributed by atoms with E-state index in [4.69, 9.17) is 23.2 Å². The maximum Gasteiger partial charge on any atom is 0.240 e. The molecule has 1 aliphatic carbocycles. The fourth-order valence-corrected chi connectivity index (χ4v) is 4.22. The van der Waals surface area contributed by atoms with Crippen LogP contribution in [0.5, 0.6) is 0 Å². The van der Waals surface area contributed by atoms with Crippen LogP contribution in [0.1, 0.15) is 25.7 Å². The van der Waals surface area contributed by atoms with Gasteiger partial charge in [-0.25, -0.2) is 13.1 Å². The molecule has 0 aliphatic heterocycles. The largest absolute Gasteiger partial charge is 0.396 e. The third kappa shape index (κ3) is 3.65. The average molecular weight is 338 g/mol. The van der Waals surface area contributed by atoms with Crippen LogP contribution in [0.15, 0.2) is 23.1 Å². The fourth-order valence-electron chi connectivity index (χ4n) is 2.49. The normalized spacial score (nSPS) is 23.8. The van der Waals surface area contributed by atoms with Crippen molar-refractivity contribution in [3.63, 3.8) is 0 Å². The Bertz CT molecular complexity index is 577. The summed E-state index contributed by atoms with van der Waals surface area (Å²) in [6.07, 6.45) is 3.57. The lowest BCUT2D eigenvalue weighted by atomic mass is 9.86. The van der Waals surface area contributed by atoms with E-state index in [-0.39, 0.29) is 28.5 Å². The summed E-state index contributed by atoms with van der Waals surface area (Å²) in [7, 11) is -3.65. The highest BCUT2D eigenvalue weighted by atomic mass is 35.5. The molecule has 0 bridgehead atoms.